The molecule has 14 heavy (non-hydrogen) atoms. The molecule has 0 aliphatic carbocycles. The van der Waals surface area contributed by atoms with Gasteiger partial charge in [-0.15, -0.1) is 11.8 Å². The highest BCUT2D eigenvalue weighted by molar-refractivity contribution is 8.00. The highest BCUT2D eigenvalue weighted by Gasteiger charge is 2.11. The number of rotatable bonds is 4. The molecule has 1 atom stereocenters. The van der Waals surface area contributed by atoms with Gasteiger partial charge in [-0.2, -0.15) is 0 Å². The van der Waals surface area contributed by atoms with Crippen LogP contribution in [0.4, 0.5) is 0 Å². The first-order chi connectivity index (χ1) is 6.63. The van der Waals surface area contributed by atoms with E-state index >= 15 is 0 Å². The minimum Gasteiger partial charge on any atom is -0.329 e. The van der Waals surface area contributed by atoms with Crippen LogP contribution in [0, 0.1) is 6.92 Å². The minimum atomic E-state index is 0.440. The van der Waals surface area contributed by atoms with Crippen LogP contribution < -0.4 is 5.73 Å². The van der Waals surface area contributed by atoms with Crippen LogP contribution in [0.2, 0.25) is 0 Å². The summed E-state index contributed by atoms with van der Waals surface area (Å²) in [6, 6.07) is 8.67. The molecule has 78 valence electrons. The molecule has 0 aromatic heterocycles. The third-order valence-electron chi connectivity index (χ3n) is 2.10. The van der Waals surface area contributed by atoms with E-state index in [1.165, 1.54) is 11.1 Å². The number of hydrogen-bond acceptors (Lipinski definition) is 2. The molecular weight excluding hydrogens is 190 g/mol. The summed E-state index contributed by atoms with van der Waals surface area (Å²) in [4.78, 5) is 0. The molecule has 1 aromatic carbocycles. The number of nitrogens with two attached hydrogens (primary N) is 1. The molecule has 0 saturated carbocycles. The number of benzene rings is 1. The fourth-order valence-electron chi connectivity index (χ4n) is 1.38. The Bertz CT molecular complexity index is 266. The Morgan fingerprint density at radius 2 is 1.79 bits per heavy atom. The normalized spacial score (nSPS) is 13.2. The quantitative estimate of drug-likeness (QED) is 0.824. The highest BCUT2D eigenvalue weighted by atomic mass is 32.2. The van der Waals surface area contributed by atoms with Crippen molar-refractivity contribution < 1.29 is 0 Å². The zero-order valence-corrected chi connectivity index (χ0v) is 9.97. The third-order valence-corrected chi connectivity index (χ3v) is 3.44. The highest BCUT2D eigenvalue weighted by Crippen LogP contribution is 2.30. The summed E-state index contributed by atoms with van der Waals surface area (Å²) in [6.45, 7) is 7.24. The number of aryl methyl sites for hydroxylation is 1. The van der Waals surface area contributed by atoms with Gasteiger partial charge in [0.15, 0.2) is 0 Å². The molecule has 0 aliphatic heterocycles. The molecule has 1 unspecified atom stereocenters. The number of hydrogen-bond donors (Lipinski definition) is 1. The maximum absolute atomic E-state index is 5.77. The van der Waals surface area contributed by atoms with Crippen molar-refractivity contribution in [1.82, 2.24) is 0 Å². The molecule has 0 bridgehead atoms. The predicted molar refractivity (Wildman–Crippen MR) is 65.7 cm³/mol. The van der Waals surface area contributed by atoms with E-state index in [9.17, 15) is 0 Å². The van der Waals surface area contributed by atoms with E-state index < -0.39 is 0 Å². The topological polar surface area (TPSA) is 26.0 Å². The van der Waals surface area contributed by atoms with Gasteiger partial charge in [0.1, 0.15) is 0 Å². The Hall–Kier alpha value is -0.470. The molecule has 2 heteroatoms. The SMILES string of the molecule is Cc1ccc(C(CN)SC(C)C)cc1. The fraction of sp³-hybridized carbons (Fsp3) is 0.500. The van der Waals surface area contributed by atoms with E-state index in [0.717, 1.165) is 0 Å². The lowest BCUT2D eigenvalue weighted by molar-refractivity contribution is 0.928. The van der Waals surface area contributed by atoms with Gasteiger partial charge in [-0.05, 0) is 17.7 Å². The van der Waals surface area contributed by atoms with E-state index in [1.54, 1.807) is 0 Å². The van der Waals surface area contributed by atoms with Gasteiger partial charge in [0.2, 0.25) is 0 Å². The van der Waals surface area contributed by atoms with Crippen LogP contribution in [0.15, 0.2) is 24.3 Å². The summed E-state index contributed by atoms with van der Waals surface area (Å²) in [5.74, 6) is 0. The van der Waals surface area contributed by atoms with E-state index in [4.69, 9.17) is 5.73 Å². The Morgan fingerprint density at radius 1 is 1.21 bits per heavy atom. The lowest BCUT2D eigenvalue weighted by Gasteiger charge is -2.17. The Morgan fingerprint density at radius 3 is 2.21 bits per heavy atom. The molecule has 0 amide bonds. The van der Waals surface area contributed by atoms with Gasteiger partial charge in [-0.25, -0.2) is 0 Å². The van der Waals surface area contributed by atoms with E-state index in [1.807, 2.05) is 11.8 Å². The standard InChI is InChI=1S/C12H19NS/c1-9(2)14-12(8-13)11-6-4-10(3)5-7-11/h4-7,9,12H,8,13H2,1-3H3. The summed E-state index contributed by atoms with van der Waals surface area (Å²) in [7, 11) is 0. The molecule has 0 heterocycles. The van der Waals surface area contributed by atoms with Crippen LogP contribution in [-0.4, -0.2) is 11.8 Å². The lowest BCUT2D eigenvalue weighted by atomic mass is 10.1. The van der Waals surface area contributed by atoms with Gasteiger partial charge in [0.05, 0.1) is 0 Å². The van der Waals surface area contributed by atoms with Crippen LogP contribution in [-0.2, 0) is 0 Å². The van der Waals surface area contributed by atoms with Gasteiger partial charge < -0.3 is 5.73 Å². The molecule has 0 spiro atoms. The first kappa shape index (κ1) is 11.6. The molecule has 1 aromatic rings. The summed E-state index contributed by atoms with van der Waals surface area (Å²) in [5, 5.41) is 1.07. The summed E-state index contributed by atoms with van der Waals surface area (Å²) in [6.07, 6.45) is 0. The second-order valence-corrected chi connectivity index (χ2v) is 5.60. The van der Waals surface area contributed by atoms with Gasteiger partial charge in [-0.1, -0.05) is 43.7 Å². The Kier molecular flexibility index (Phi) is 4.49. The van der Waals surface area contributed by atoms with Crippen molar-refractivity contribution in [1.29, 1.82) is 0 Å². The van der Waals surface area contributed by atoms with Crippen molar-refractivity contribution >= 4 is 11.8 Å². The second-order valence-electron chi connectivity index (χ2n) is 3.82. The predicted octanol–water partition coefficient (Wildman–Crippen LogP) is 3.14. The van der Waals surface area contributed by atoms with Crippen molar-refractivity contribution in [3.05, 3.63) is 35.4 Å². The zero-order chi connectivity index (χ0) is 10.6. The molecule has 0 fully saturated rings. The van der Waals surface area contributed by atoms with Gasteiger partial charge in [-0.3, -0.25) is 0 Å². The third kappa shape index (κ3) is 3.35. The zero-order valence-electron chi connectivity index (χ0n) is 9.16. The summed E-state index contributed by atoms with van der Waals surface area (Å²) < 4.78 is 0. The van der Waals surface area contributed by atoms with Gasteiger partial charge >= 0.3 is 0 Å². The van der Waals surface area contributed by atoms with Crippen molar-refractivity contribution in [2.75, 3.05) is 6.54 Å². The summed E-state index contributed by atoms with van der Waals surface area (Å²) in [5.41, 5.74) is 8.42. The fourth-order valence-corrected chi connectivity index (χ4v) is 2.46. The molecule has 0 saturated heterocycles. The molecule has 2 N–H and O–H groups in total. The van der Waals surface area contributed by atoms with Crippen molar-refractivity contribution in [3.8, 4) is 0 Å². The second kappa shape index (κ2) is 5.42. The Balaban J connectivity index is 2.73. The molecule has 0 aliphatic rings. The van der Waals surface area contributed by atoms with Gasteiger partial charge in [0, 0.05) is 11.8 Å². The van der Waals surface area contributed by atoms with E-state index in [2.05, 4.69) is 45.0 Å². The lowest BCUT2D eigenvalue weighted by Crippen LogP contribution is -2.11. The molecular formula is C12H19NS. The monoisotopic (exact) mass is 209 g/mol. The molecule has 1 rings (SSSR count). The maximum Gasteiger partial charge on any atom is 0.0422 e. The van der Waals surface area contributed by atoms with Crippen LogP contribution in [0.25, 0.3) is 0 Å². The van der Waals surface area contributed by atoms with Crippen molar-refractivity contribution in [2.24, 2.45) is 5.73 Å². The van der Waals surface area contributed by atoms with Crippen LogP contribution >= 0.6 is 11.8 Å². The minimum absolute atomic E-state index is 0.440. The van der Waals surface area contributed by atoms with Crippen LogP contribution in [0.3, 0.4) is 0 Å². The van der Waals surface area contributed by atoms with Crippen molar-refractivity contribution in [3.63, 3.8) is 0 Å². The first-order valence-corrected chi connectivity index (χ1v) is 6.00. The van der Waals surface area contributed by atoms with Crippen LogP contribution in [0.5, 0.6) is 0 Å². The maximum atomic E-state index is 5.77. The summed E-state index contributed by atoms with van der Waals surface area (Å²) >= 11 is 1.93. The molecule has 1 nitrogen and oxygen atoms in total. The first-order valence-electron chi connectivity index (χ1n) is 5.05. The van der Waals surface area contributed by atoms with Crippen molar-refractivity contribution in [2.45, 2.75) is 31.3 Å². The van der Waals surface area contributed by atoms with Gasteiger partial charge in [0.25, 0.3) is 0 Å². The largest absolute Gasteiger partial charge is 0.329 e. The molecule has 0 radical (unpaired) electrons. The average molecular weight is 209 g/mol. The van der Waals surface area contributed by atoms with E-state index in [0.29, 0.717) is 17.0 Å². The van der Waals surface area contributed by atoms with Crippen LogP contribution in [0.1, 0.15) is 30.2 Å². The Labute approximate surface area is 91.1 Å². The van der Waals surface area contributed by atoms with E-state index in [-0.39, 0.29) is 0 Å². The smallest absolute Gasteiger partial charge is 0.0422 e. The number of thioether (sulfide) groups is 1. The average Bonchev–Trinajstić information content (AvgIpc) is 2.15.